The van der Waals surface area contributed by atoms with E-state index >= 15 is 0 Å². The second-order valence-corrected chi connectivity index (χ2v) is 8.55. The van der Waals surface area contributed by atoms with E-state index in [1.165, 1.54) is 16.8 Å². The van der Waals surface area contributed by atoms with Crippen molar-refractivity contribution in [3.63, 3.8) is 0 Å². The average molecular weight is 437 g/mol. The third-order valence-corrected chi connectivity index (χ3v) is 6.35. The van der Waals surface area contributed by atoms with E-state index in [-0.39, 0.29) is 11.8 Å². The zero-order chi connectivity index (χ0) is 22.6. The number of hydrogen-bond donors (Lipinski definition) is 1. The van der Waals surface area contributed by atoms with Crippen molar-refractivity contribution < 1.29 is 4.79 Å². The van der Waals surface area contributed by atoms with Crippen molar-refractivity contribution in [3.8, 4) is 0 Å². The average Bonchev–Trinajstić information content (AvgIpc) is 3.24. The van der Waals surface area contributed by atoms with Crippen LogP contribution in [0.3, 0.4) is 0 Å². The molecular formula is C28H28N4O. The number of fused-ring (bicyclic) bond motifs is 1. The molecule has 0 aliphatic heterocycles. The summed E-state index contributed by atoms with van der Waals surface area (Å²) in [4.78, 5) is 13.4. The van der Waals surface area contributed by atoms with E-state index in [1.54, 1.807) is 5.01 Å². The van der Waals surface area contributed by atoms with Gasteiger partial charge in [0.1, 0.15) is 0 Å². The fraction of sp³-hybridized carbons (Fsp3) is 0.214. The van der Waals surface area contributed by atoms with Crippen LogP contribution in [-0.2, 0) is 13.0 Å². The monoisotopic (exact) mass is 436 g/mol. The van der Waals surface area contributed by atoms with Crippen LogP contribution in [0.25, 0.3) is 0 Å². The minimum Gasteiger partial charge on any atom is -0.288 e. The molecule has 0 saturated heterocycles. The molecule has 1 aliphatic carbocycles. The summed E-state index contributed by atoms with van der Waals surface area (Å²) in [5, 5.41) is 6.64. The maximum absolute atomic E-state index is 13.4. The Bertz CT molecular complexity index is 1220. The maximum atomic E-state index is 13.4. The normalized spacial score (nSPS) is 15.0. The summed E-state index contributed by atoms with van der Waals surface area (Å²) >= 11 is 0. The molecule has 1 heterocycles. The summed E-state index contributed by atoms with van der Waals surface area (Å²) < 4.78 is 2.05. The molecule has 1 amide bonds. The van der Waals surface area contributed by atoms with Gasteiger partial charge in [-0.05, 0) is 42.5 Å². The predicted molar refractivity (Wildman–Crippen MR) is 131 cm³/mol. The molecule has 5 rings (SSSR count). The van der Waals surface area contributed by atoms with Gasteiger partial charge in [-0.3, -0.25) is 19.9 Å². The number of rotatable bonds is 6. The highest BCUT2D eigenvalue weighted by atomic mass is 16.2. The van der Waals surface area contributed by atoms with Crippen LogP contribution in [0.15, 0.2) is 91.0 Å². The van der Waals surface area contributed by atoms with Crippen LogP contribution >= 0.6 is 0 Å². The lowest BCUT2D eigenvalue weighted by molar-refractivity contribution is 0.0944. The number of benzene rings is 3. The zero-order valence-corrected chi connectivity index (χ0v) is 18.8. The highest BCUT2D eigenvalue weighted by molar-refractivity contribution is 5.95. The first-order valence-corrected chi connectivity index (χ1v) is 11.5. The molecule has 4 aromatic rings. The summed E-state index contributed by atoms with van der Waals surface area (Å²) in [6, 6.07) is 30.7. The van der Waals surface area contributed by atoms with Crippen LogP contribution in [0.2, 0.25) is 0 Å². The van der Waals surface area contributed by atoms with Gasteiger partial charge in [-0.25, -0.2) is 0 Å². The van der Waals surface area contributed by atoms with Gasteiger partial charge in [0.05, 0.1) is 17.9 Å². The second kappa shape index (κ2) is 9.33. The quantitative estimate of drug-likeness (QED) is 0.424. The molecule has 1 unspecified atom stereocenters. The van der Waals surface area contributed by atoms with Gasteiger partial charge in [-0.15, -0.1) is 0 Å². The minimum atomic E-state index is -0.168. The van der Waals surface area contributed by atoms with E-state index in [0.29, 0.717) is 12.2 Å². The summed E-state index contributed by atoms with van der Waals surface area (Å²) in [5.74, 6) is 0.0673. The number of aromatic nitrogens is 2. The van der Waals surface area contributed by atoms with Gasteiger partial charge < -0.3 is 0 Å². The number of anilines is 1. The Morgan fingerprint density at radius 2 is 1.61 bits per heavy atom. The number of amides is 1. The number of para-hydroxylation sites is 1. The number of carbonyl (C=O) groups is 1. The van der Waals surface area contributed by atoms with Crippen LogP contribution in [0, 0.1) is 0 Å². The number of hydrogen-bond acceptors (Lipinski definition) is 3. The van der Waals surface area contributed by atoms with Crippen LogP contribution < -0.4 is 10.4 Å². The molecule has 0 fully saturated rings. The Labute approximate surface area is 194 Å². The Balaban J connectivity index is 1.53. The summed E-state index contributed by atoms with van der Waals surface area (Å²) in [6.45, 7) is 0.647. The Morgan fingerprint density at radius 3 is 2.30 bits per heavy atom. The first-order chi connectivity index (χ1) is 16.2. The molecule has 33 heavy (non-hydrogen) atoms. The molecule has 5 nitrogen and oxygen atoms in total. The van der Waals surface area contributed by atoms with Crippen molar-refractivity contribution in [2.24, 2.45) is 0 Å². The van der Waals surface area contributed by atoms with Crippen LogP contribution in [0.1, 0.15) is 51.6 Å². The zero-order valence-electron chi connectivity index (χ0n) is 18.8. The molecular weight excluding hydrogens is 408 g/mol. The number of nitrogens with one attached hydrogen (secondary N) is 1. The Kier molecular flexibility index (Phi) is 5.94. The molecule has 0 saturated carbocycles. The number of carbonyl (C=O) groups excluding carboxylic acids is 1. The van der Waals surface area contributed by atoms with Gasteiger partial charge in [-0.2, -0.15) is 5.10 Å². The van der Waals surface area contributed by atoms with Crippen molar-refractivity contribution in [3.05, 3.63) is 119 Å². The van der Waals surface area contributed by atoms with E-state index in [4.69, 9.17) is 5.10 Å². The lowest BCUT2D eigenvalue weighted by atomic mass is 9.82. The van der Waals surface area contributed by atoms with Crippen LogP contribution in [-0.4, -0.2) is 22.7 Å². The van der Waals surface area contributed by atoms with Crippen molar-refractivity contribution in [1.29, 1.82) is 0 Å². The lowest BCUT2D eigenvalue weighted by Crippen LogP contribution is -2.40. The van der Waals surface area contributed by atoms with E-state index in [0.717, 1.165) is 30.5 Å². The highest BCUT2D eigenvalue weighted by Gasteiger charge is 2.32. The van der Waals surface area contributed by atoms with Gasteiger partial charge in [0.2, 0.25) is 0 Å². The first kappa shape index (κ1) is 21.0. The SMILES string of the molecule is CN(NC(=O)c1nn(Cc2ccccc2)c2c1CCCC2c1ccccc1)c1ccccc1. The Hall–Kier alpha value is -3.86. The maximum Gasteiger partial charge on any atom is 0.290 e. The van der Waals surface area contributed by atoms with E-state index < -0.39 is 0 Å². The van der Waals surface area contributed by atoms with Crippen LogP contribution in [0.5, 0.6) is 0 Å². The van der Waals surface area contributed by atoms with Crippen molar-refractivity contribution >= 4 is 11.6 Å². The first-order valence-electron chi connectivity index (χ1n) is 11.5. The molecule has 166 valence electrons. The van der Waals surface area contributed by atoms with E-state index in [1.807, 2.05) is 61.6 Å². The van der Waals surface area contributed by atoms with Crippen molar-refractivity contribution in [2.75, 3.05) is 12.1 Å². The largest absolute Gasteiger partial charge is 0.290 e. The van der Waals surface area contributed by atoms with E-state index in [9.17, 15) is 4.79 Å². The fourth-order valence-corrected chi connectivity index (χ4v) is 4.76. The molecule has 1 aromatic heterocycles. The molecule has 1 N–H and O–H groups in total. The molecule has 5 heteroatoms. The summed E-state index contributed by atoms with van der Waals surface area (Å²) in [6.07, 6.45) is 2.96. The summed E-state index contributed by atoms with van der Waals surface area (Å²) in [7, 11) is 1.85. The van der Waals surface area contributed by atoms with Gasteiger partial charge in [0.15, 0.2) is 5.69 Å². The lowest BCUT2D eigenvalue weighted by Gasteiger charge is -2.25. The van der Waals surface area contributed by atoms with Crippen molar-refractivity contribution in [2.45, 2.75) is 31.7 Å². The molecule has 1 aliphatic rings. The van der Waals surface area contributed by atoms with E-state index in [2.05, 4.69) is 46.5 Å². The van der Waals surface area contributed by atoms with Gasteiger partial charge in [0.25, 0.3) is 5.91 Å². The highest BCUT2D eigenvalue weighted by Crippen LogP contribution is 2.38. The van der Waals surface area contributed by atoms with Gasteiger partial charge >= 0.3 is 0 Å². The Morgan fingerprint density at radius 1 is 0.970 bits per heavy atom. The predicted octanol–water partition coefficient (Wildman–Crippen LogP) is 5.18. The van der Waals surface area contributed by atoms with Gasteiger partial charge in [0, 0.05) is 18.5 Å². The second-order valence-electron chi connectivity index (χ2n) is 8.55. The molecule has 0 radical (unpaired) electrons. The molecule has 3 aromatic carbocycles. The molecule has 0 spiro atoms. The molecule has 1 atom stereocenters. The fourth-order valence-electron chi connectivity index (χ4n) is 4.76. The minimum absolute atomic E-state index is 0.168. The summed E-state index contributed by atoms with van der Waals surface area (Å²) in [5.41, 5.74) is 9.16. The number of hydrazine groups is 1. The standard InChI is InChI=1S/C28H28N4O/c1-31(23-16-9-4-10-17-23)30-28(33)26-25-19-11-18-24(22-14-7-3-8-15-22)27(25)32(29-26)20-21-12-5-2-6-13-21/h2-10,12-17,24H,11,18-20H2,1H3,(H,30,33). The smallest absolute Gasteiger partial charge is 0.288 e. The van der Waals surface area contributed by atoms with Crippen LogP contribution in [0.4, 0.5) is 5.69 Å². The van der Waals surface area contributed by atoms with Crippen molar-refractivity contribution in [1.82, 2.24) is 15.2 Å². The topological polar surface area (TPSA) is 50.2 Å². The third-order valence-electron chi connectivity index (χ3n) is 6.35. The number of nitrogens with zero attached hydrogens (tertiary/aromatic N) is 3. The van der Waals surface area contributed by atoms with Gasteiger partial charge in [-0.1, -0.05) is 78.9 Å². The third kappa shape index (κ3) is 4.40. The molecule has 0 bridgehead atoms.